The minimum absolute atomic E-state index is 0.103. The van der Waals surface area contributed by atoms with Gasteiger partial charge in [0.15, 0.2) is 11.5 Å². The van der Waals surface area contributed by atoms with Gasteiger partial charge in [-0.3, -0.25) is 4.79 Å². The third-order valence-electron chi connectivity index (χ3n) is 3.76. The zero-order valence-electron chi connectivity index (χ0n) is 14.8. The summed E-state index contributed by atoms with van der Waals surface area (Å²) in [6.45, 7) is 0.581. The number of ether oxygens (including phenoxy) is 3. The molecule has 0 aliphatic carbocycles. The number of rotatable bonds is 8. The Morgan fingerprint density at radius 1 is 1.26 bits per heavy atom. The zero-order valence-corrected chi connectivity index (χ0v) is 15.6. The summed E-state index contributed by atoms with van der Waals surface area (Å²) >= 11 is 6.05. The summed E-state index contributed by atoms with van der Waals surface area (Å²) in [4.78, 5) is 19.8. The van der Waals surface area contributed by atoms with E-state index in [1.54, 1.807) is 24.5 Å². The van der Waals surface area contributed by atoms with Crippen molar-refractivity contribution < 1.29 is 23.4 Å². The lowest BCUT2D eigenvalue weighted by Gasteiger charge is -2.14. The Labute approximate surface area is 160 Å². The predicted molar refractivity (Wildman–Crippen MR) is 99.3 cm³/mol. The number of hydrogen-bond acceptors (Lipinski definition) is 8. The minimum Gasteiger partial charge on any atom is -0.493 e. The average Bonchev–Trinajstić information content (AvgIpc) is 3.19. The van der Waals surface area contributed by atoms with Gasteiger partial charge in [0.25, 0.3) is 0 Å². The highest BCUT2D eigenvalue weighted by atomic mass is 35.5. The summed E-state index contributed by atoms with van der Waals surface area (Å²) in [6, 6.07) is 7.10. The van der Waals surface area contributed by atoms with Gasteiger partial charge in [0.1, 0.15) is 11.6 Å². The van der Waals surface area contributed by atoms with Crippen LogP contribution >= 0.6 is 11.6 Å². The van der Waals surface area contributed by atoms with Crippen LogP contribution in [0.1, 0.15) is 12.2 Å². The molecule has 0 fully saturated rings. The third kappa shape index (κ3) is 4.59. The molecule has 3 aromatic rings. The van der Waals surface area contributed by atoms with Crippen LogP contribution in [0.5, 0.6) is 11.5 Å². The molecule has 0 saturated heterocycles. The molecule has 2 aromatic heterocycles. The Hall–Kier alpha value is -3.00. The second-order valence-corrected chi connectivity index (χ2v) is 5.81. The summed E-state index contributed by atoms with van der Waals surface area (Å²) in [7, 11) is 2.85. The van der Waals surface area contributed by atoms with Crippen LogP contribution in [0.15, 0.2) is 34.9 Å². The molecule has 0 aliphatic rings. The maximum atomic E-state index is 11.3. The number of benzene rings is 1. The average molecular weight is 392 g/mol. The van der Waals surface area contributed by atoms with Crippen molar-refractivity contribution >= 4 is 34.3 Å². The van der Waals surface area contributed by atoms with Crippen molar-refractivity contribution in [2.75, 3.05) is 26.1 Å². The normalized spacial score (nSPS) is 10.6. The lowest BCUT2D eigenvalue weighted by molar-refractivity contribution is -0.141. The number of esters is 1. The van der Waals surface area contributed by atoms with Crippen molar-refractivity contribution in [1.82, 2.24) is 9.97 Å². The predicted octanol–water partition coefficient (Wildman–Crippen LogP) is 3.44. The van der Waals surface area contributed by atoms with Gasteiger partial charge in [-0.1, -0.05) is 0 Å². The molecule has 0 bridgehead atoms. The first kappa shape index (κ1) is 18.8. The largest absolute Gasteiger partial charge is 0.493 e. The molecule has 142 valence electrons. The first-order valence-electron chi connectivity index (χ1n) is 8.12. The van der Waals surface area contributed by atoms with Gasteiger partial charge in [-0.15, -0.1) is 0 Å². The molecule has 27 heavy (non-hydrogen) atoms. The SMILES string of the molecule is COC(=O)CCOc1cc2c(NCc3ccco3)nc(Cl)nc2cc1OC. The lowest BCUT2D eigenvalue weighted by atomic mass is 10.2. The molecule has 0 atom stereocenters. The molecule has 1 aromatic carbocycles. The molecule has 0 radical (unpaired) electrons. The number of nitrogens with zero attached hydrogens (tertiary/aromatic N) is 2. The summed E-state index contributed by atoms with van der Waals surface area (Å²) in [5.74, 6) is 1.86. The van der Waals surface area contributed by atoms with E-state index in [-0.39, 0.29) is 24.3 Å². The fourth-order valence-corrected chi connectivity index (χ4v) is 2.62. The molecule has 0 amide bonds. The molecule has 9 heteroatoms. The fourth-order valence-electron chi connectivity index (χ4n) is 2.45. The summed E-state index contributed by atoms with van der Waals surface area (Å²) in [5.41, 5.74) is 0.592. The number of carbonyl (C=O) groups excluding carboxylic acids is 1. The van der Waals surface area contributed by atoms with Crippen molar-refractivity contribution in [3.05, 3.63) is 41.6 Å². The highest BCUT2D eigenvalue weighted by Gasteiger charge is 2.14. The number of fused-ring (bicyclic) bond motifs is 1. The van der Waals surface area contributed by atoms with E-state index in [1.165, 1.54) is 14.2 Å². The standard InChI is InChI=1S/C18H18ClN3O5/c1-24-14-9-13-12(8-15(14)27-7-5-16(23)25-2)17(22-18(19)21-13)20-10-11-4-3-6-26-11/h3-4,6,8-9H,5,7,10H2,1-2H3,(H,20,21,22). The van der Waals surface area contributed by atoms with E-state index in [9.17, 15) is 4.79 Å². The third-order valence-corrected chi connectivity index (χ3v) is 3.92. The van der Waals surface area contributed by atoms with Crippen molar-refractivity contribution in [2.24, 2.45) is 0 Å². The number of furan rings is 1. The van der Waals surface area contributed by atoms with E-state index in [4.69, 9.17) is 25.5 Å². The molecule has 8 nitrogen and oxygen atoms in total. The van der Waals surface area contributed by atoms with Gasteiger partial charge >= 0.3 is 5.97 Å². The summed E-state index contributed by atoms with van der Waals surface area (Å²) in [6.07, 6.45) is 1.72. The highest BCUT2D eigenvalue weighted by Crippen LogP contribution is 2.35. The van der Waals surface area contributed by atoms with Crippen LogP contribution in [0.4, 0.5) is 5.82 Å². The maximum Gasteiger partial charge on any atom is 0.308 e. The molecule has 0 spiro atoms. The zero-order chi connectivity index (χ0) is 19.2. The van der Waals surface area contributed by atoms with Crippen LogP contribution in [0, 0.1) is 0 Å². The molecule has 0 saturated carbocycles. The van der Waals surface area contributed by atoms with E-state index < -0.39 is 0 Å². The summed E-state index contributed by atoms with van der Waals surface area (Å²) in [5, 5.41) is 3.98. The lowest BCUT2D eigenvalue weighted by Crippen LogP contribution is -2.08. The van der Waals surface area contributed by atoms with E-state index in [2.05, 4.69) is 20.0 Å². The molecular weight excluding hydrogens is 374 g/mol. The van der Waals surface area contributed by atoms with Crippen LogP contribution in [0.25, 0.3) is 10.9 Å². The van der Waals surface area contributed by atoms with E-state index in [1.807, 2.05) is 6.07 Å². The maximum absolute atomic E-state index is 11.3. The van der Waals surface area contributed by atoms with Gasteiger partial charge in [0, 0.05) is 11.5 Å². The minimum atomic E-state index is -0.356. The van der Waals surface area contributed by atoms with E-state index in [0.717, 1.165) is 5.76 Å². The van der Waals surface area contributed by atoms with Crippen LogP contribution in [0.2, 0.25) is 5.28 Å². The fraction of sp³-hybridized carbons (Fsp3) is 0.278. The van der Waals surface area contributed by atoms with Gasteiger partial charge in [-0.2, -0.15) is 0 Å². The van der Waals surface area contributed by atoms with Gasteiger partial charge < -0.3 is 23.9 Å². The molecule has 1 N–H and O–H groups in total. The van der Waals surface area contributed by atoms with Crippen LogP contribution < -0.4 is 14.8 Å². The Kier molecular flexibility index (Phi) is 5.97. The van der Waals surface area contributed by atoms with E-state index in [0.29, 0.717) is 34.8 Å². The number of methoxy groups -OCH3 is 2. The second kappa shape index (κ2) is 8.59. The number of hydrogen-bond donors (Lipinski definition) is 1. The van der Waals surface area contributed by atoms with Gasteiger partial charge in [0.05, 0.1) is 45.6 Å². The first-order valence-corrected chi connectivity index (χ1v) is 8.49. The number of halogens is 1. The molecule has 2 heterocycles. The van der Waals surface area contributed by atoms with Crippen molar-refractivity contribution in [2.45, 2.75) is 13.0 Å². The van der Waals surface area contributed by atoms with Gasteiger partial charge in [-0.25, -0.2) is 9.97 Å². The number of aromatic nitrogens is 2. The topological polar surface area (TPSA) is 95.7 Å². The summed E-state index contributed by atoms with van der Waals surface area (Å²) < 4.78 is 21.0. The number of carbonyl (C=O) groups is 1. The van der Waals surface area contributed by atoms with Crippen molar-refractivity contribution in [3.8, 4) is 11.5 Å². The van der Waals surface area contributed by atoms with Crippen LogP contribution in [0.3, 0.4) is 0 Å². The molecule has 0 aliphatic heterocycles. The first-order chi connectivity index (χ1) is 13.1. The van der Waals surface area contributed by atoms with Crippen LogP contribution in [-0.4, -0.2) is 36.8 Å². The van der Waals surface area contributed by atoms with Crippen molar-refractivity contribution in [3.63, 3.8) is 0 Å². The highest BCUT2D eigenvalue weighted by molar-refractivity contribution is 6.28. The Morgan fingerprint density at radius 3 is 2.81 bits per heavy atom. The van der Waals surface area contributed by atoms with Gasteiger partial charge in [-0.05, 0) is 29.8 Å². The van der Waals surface area contributed by atoms with Gasteiger partial charge in [0.2, 0.25) is 5.28 Å². The van der Waals surface area contributed by atoms with Crippen LogP contribution in [-0.2, 0) is 16.1 Å². The smallest absolute Gasteiger partial charge is 0.308 e. The number of anilines is 1. The van der Waals surface area contributed by atoms with Crippen molar-refractivity contribution in [1.29, 1.82) is 0 Å². The second-order valence-electron chi connectivity index (χ2n) is 5.47. The molecular formula is C18H18ClN3O5. The Morgan fingerprint density at radius 2 is 2.11 bits per heavy atom. The Bertz CT molecular complexity index is 930. The van der Waals surface area contributed by atoms with E-state index >= 15 is 0 Å². The molecule has 3 rings (SSSR count). The quantitative estimate of drug-likeness (QED) is 0.461. The monoisotopic (exact) mass is 391 g/mol. The molecule has 0 unspecified atom stereocenters. The number of nitrogens with one attached hydrogen (secondary N) is 1. The Balaban J connectivity index is 1.90.